The van der Waals surface area contributed by atoms with E-state index in [1.54, 1.807) is 6.92 Å². The second-order valence-electron chi connectivity index (χ2n) is 4.02. The highest BCUT2D eigenvalue weighted by molar-refractivity contribution is 5.76. The van der Waals surface area contributed by atoms with Gasteiger partial charge in [0, 0.05) is 19.0 Å². The average Bonchev–Trinajstić information content (AvgIpc) is 2.23. The van der Waals surface area contributed by atoms with E-state index in [1.807, 2.05) is 13.8 Å². The third-order valence-corrected chi connectivity index (χ3v) is 2.06. The molecule has 0 unspecified atom stereocenters. The summed E-state index contributed by atoms with van der Waals surface area (Å²) in [4.78, 5) is 18.8. The molecule has 0 saturated heterocycles. The lowest BCUT2D eigenvalue weighted by atomic mass is 10.3. The Hall–Kier alpha value is -1.72. The Morgan fingerprint density at radius 3 is 2.82 bits per heavy atom. The van der Waals surface area contributed by atoms with Crippen LogP contribution in [-0.2, 0) is 4.79 Å². The van der Waals surface area contributed by atoms with Crippen molar-refractivity contribution in [2.24, 2.45) is 0 Å². The van der Waals surface area contributed by atoms with Gasteiger partial charge in [-0.2, -0.15) is 0 Å². The predicted octanol–water partition coefficient (Wildman–Crippen LogP) is 1.25. The van der Waals surface area contributed by atoms with Gasteiger partial charge in [-0.05, 0) is 20.8 Å². The molecule has 0 atom stereocenters. The molecule has 1 aromatic rings. The van der Waals surface area contributed by atoms with Gasteiger partial charge in [0.25, 0.3) is 0 Å². The van der Waals surface area contributed by atoms with Crippen LogP contribution >= 0.6 is 0 Å². The first-order valence-corrected chi connectivity index (χ1v) is 5.51. The minimum absolute atomic E-state index is 0.0707. The molecule has 94 valence electrons. The second kappa shape index (κ2) is 6.12. The summed E-state index contributed by atoms with van der Waals surface area (Å²) in [7, 11) is 0. The number of nitrogens with zero attached hydrogens (tertiary/aromatic N) is 2. The largest absolute Gasteiger partial charge is 0.367 e. The van der Waals surface area contributed by atoms with Crippen molar-refractivity contribution in [3.8, 4) is 0 Å². The minimum Gasteiger partial charge on any atom is -0.367 e. The third-order valence-electron chi connectivity index (χ3n) is 2.06. The van der Waals surface area contributed by atoms with Crippen LogP contribution in [0.2, 0.25) is 0 Å². The van der Waals surface area contributed by atoms with Gasteiger partial charge in [-0.25, -0.2) is 14.4 Å². The number of anilines is 1. The van der Waals surface area contributed by atoms with Crippen LogP contribution in [0.15, 0.2) is 6.33 Å². The summed E-state index contributed by atoms with van der Waals surface area (Å²) in [5.41, 5.74) is 0.286. The zero-order chi connectivity index (χ0) is 12.8. The van der Waals surface area contributed by atoms with E-state index in [-0.39, 0.29) is 29.9 Å². The van der Waals surface area contributed by atoms with Gasteiger partial charge < -0.3 is 10.6 Å². The first-order valence-electron chi connectivity index (χ1n) is 5.51. The summed E-state index contributed by atoms with van der Waals surface area (Å²) in [5.74, 6) is -0.412. The molecule has 2 N–H and O–H groups in total. The van der Waals surface area contributed by atoms with Crippen LogP contribution in [0, 0.1) is 12.7 Å². The smallest absolute Gasteiger partial charge is 0.221 e. The van der Waals surface area contributed by atoms with Gasteiger partial charge in [-0.3, -0.25) is 4.79 Å². The quantitative estimate of drug-likeness (QED) is 0.813. The van der Waals surface area contributed by atoms with Crippen LogP contribution < -0.4 is 10.6 Å². The van der Waals surface area contributed by atoms with Gasteiger partial charge in [0.05, 0.1) is 5.69 Å². The predicted molar refractivity (Wildman–Crippen MR) is 63.1 cm³/mol. The maximum atomic E-state index is 13.4. The molecule has 1 heterocycles. The van der Waals surface area contributed by atoms with Gasteiger partial charge in [-0.15, -0.1) is 0 Å². The van der Waals surface area contributed by atoms with Gasteiger partial charge in [-0.1, -0.05) is 0 Å². The first kappa shape index (κ1) is 13.3. The number of rotatable bonds is 5. The minimum atomic E-state index is -0.475. The van der Waals surface area contributed by atoms with Crippen molar-refractivity contribution in [1.29, 1.82) is 0 Å². The lowest BCUT2D eigenvalue weighted by molar-refractivity contribution is -0.121. The van der Waals surface area contributed by atoms with Crippen LogP contribution in [0.1, 0.15) is 26.0 Å². The number of amides is 1. The van der Waals surface area contributed by atoms with Crippen molar-refractivity contribution in [3.05, 3.63) is 17.8 Å². The van der Waals surface area contributed by atoms with E-state index in [1.165, 1.54) is 6.33 Å². The molecule has 17 heavy (non-hydrogen) atoms. The second-order valence-corrected chi connectivity index (χ2v) is 4.02. The lowest BCUT2D eigenvalue weighted by Gasteiger charge is -2.09. The standard InChI is InChI=1S/C11H17FN4O/c1-7(2)16-9(17)4-5-13-11-10(12)8(3)14-6-15-11/h6-7H,4-5H2,1-3H3,(H,16,17)(H,13,14,15). The number of halogens is 1. The third kappa shape index (κ3) is 4.34. The fraction of sp³-hybridized carbons (Fsp3) is 0.545. The summed E-state index contributed by atoms with van der Waals surface area (Å²) in [5, 5.41) is 5.52. The van der Waals surface area contributed by atoms with Crippen LogP contribution in [0.3, 0.4) is 0 Å². The number of aromatic nitrogens is 2. The van der Waals surface area contributed by atoms with Crippen molar-refractivity contribution >= 4 is 11.7 Å². The normalized spacial score (nSPS) is 10.4. The first-order chi connectivity index (χ1) is 8.00. The van der Waals surface area contributed by atoms with E-state index >= 15 is 0 Å². The molecule has 6 heteroatoms. The highest BCUT2D eigenvalue weighted by Gasteiger charge is 2.08. The molecule has 0 spiro atoms. The fourth-order valence-corrected chi connectivity index (χ4v) is 1.27. The van der Waals surface area contributed by atoms with Crippen LogP contribution in [-0.4, -0.2) is 28.5 Å². The van der Waals surface area contributed by atoms with E-state index in [4.69, 9.17) is 0 Å². The Kier molecular flexibility index (Phi) is 4.81. The molecule has 0 fully saturated rings. The summed E-state index contributed by atoms with van der Waals surface area (Å²) in [6.45, 7) is 5.68. The molecule has 0 aliphatic carbocycles. The zero-order valence-corrected chi connectivity index (χ0v) is 10.2. The van der Waals surface area contributed by atoms with Gasteiger partial charge in [0.1, 0.15) is 6.33 Å². The molecule has 0 aliphatic rings. The topological polar surface area (TPSA) is 66.9 Å². The number of hydrogen-bond donors (Lipinski definition) is 2. The number of hydrogen-bond acceptors (Lipinski definition) is 4. The maximum absolute atomic E-state index is 13.4. The van der Waals surface area contributed by atoms with Gasteiger partial charge in [0.2, 0.25) is 5.91 Å². The summed E-state index contributed by atoms with van der Waals surface area (Å²) >= 11 is 0. The van der Waals surface area contributed by atoms with Crippen molar-refractivity contribution in [3.63, 3.8) is 0 Å². The molecule has 0 bridgehead atoms. The van der Waals surface area contributed by atoms with Gasteiger partial charge in [0.15, 0.2) is 11.6 Å². The van der Waals surface area contributed by atoms with E-state index in [9.17, 15) is 9.18 Å². The lowest BCUT2D eigenvalue weighted by Crippen LogP contribution is -2.31. The van der Waals surface area contributed by atoms with Crippen LogP contribution in [0.25, 0.3) is 0 Å². The van der Waals surface area contributed by atoms with E-state index < -0.39 is 5.82 Å². The Bertz CT molecular complexity index is 395. The van der Waals surface area contributed by atoms with Crippen molar-refractivity contribution in [2.75, 3.05) is 11.9 Å². The molecular formula is C11H17FN4O. The fourth-order valence-electron chi connectivity index (χ4n) is 1.27. The Morgan fingerprint density at radius 2 is 2.18 bits per heavy atom. The number of nitrogens with one attached hydrogen (secondary N) is 2. The average molecular weight is 240 g/mol. The molecule has 0 aromatic carbocycles. The molecule has 0 aliphatic heterocycles. The molecular weight excluding hydrogens is 223 g/mol. The summed E-state index contributed by atoms with van der Waals surface area (Å²) in [6.07, 6.45) is 1.57. The highest BCUT2D eigenvalue weighted by Crippen LogP contribution is 2.11. The van der Waals surface area contributed by atoms with E-state index in [2.05, 4.69) is 20.6 Å². The molecule has 0 saturated carbocycles. The molecule has 1 rings (SSSR count). The Morgan fingerprint density at radius 1 is 1.47 bits per heavy atom. The SMILES string of the molecule is Cc1ncnc(NCCC(=O)NC(C)C)c1F. The van der Waals surface area contributed by atoms with E-state index in [0.29, 0.717) is 6.54 Å². The Balaban J connectivity index is 2.41. The van der Waals surface area contributed by atoms with Crippen molar-refractivity contribution in [1.82, 2.24) is 15.3 Å². The van der Waals surface area contributed by atoms with Gasteiger partial charge >= 0.3 is 0 Å². The van der Waals surface area contributed by atoms with Crippen LogP contribution in [0.4, 0.5) is 10.2 Å². The van der Waals surface area contributed by atoms with E-state index in [0.717, 1.165) is 0 Å². The monoisotopic (exact) mass is 240 g/mol. The van der Waals surface area contributed by atoms with Crippen molar-refractivity contribution < 1.29 is 9.18 Å². The zero-order valence-electron chi connectivity index (χ0n) is 10.2. The number of carbonyl (C=O) groups excluding carboxylic acids is 1. The molecule has 1 aromatic heterocycles. The summed E-state index contributed by atoms with van der Waals surface area (Å²) < 4.78 is 13.4. The Labute approximate surface area is 99.9 Å². The molecule has 1 amide bonds. The highest BCUT2D eigenvalue weighted by atomic mass is 19.1. The molecule has 5 nitrogen and oxygen atoms in total. The van der Waals surface area contributed by atoms with Crippen LogP contribution in [0.5, 0.6) is 0 Å². The number of aryl methyl sites for hydroxylation is 1. The maximum Gasteiger partial charge on any atom is 0.221 e. The molecule has 0 radical (unpaired) electrons. The van der Waals surface area contributed by atoms with Crippen molar-refractivity contribution in [2.45, 2.75) is 33.2 Å². The summed E-state index contributed by atoms with van der Waals surface area (Å²) in [6, 6.07) is 0.112. The number of carbonyl (C=O) groups is 1.